The van der Waals surface area contributed by atoms with Crippen LogP contribution in [0.5, 0.6) is 5.75 Å². The van der Waals surface area contributed by atoms with Crippen molar-refractivity contribution in [3.05, 3.63) is 30.3 Å². The molecule has 1 saturated carbocycles. The molecule has 0 aliphatic heterocycles. The van der Waals surface area contributed by atoms with Gasteiger partial charge in [0.25, 0.3) is 0 Å². The summed E-state index contributed by atoms with van der Waals surface area (Å²) >= 11 is 0. The first kappa shape index (κ1) is 15.3. The molecule has 0 saturated heterocycles. The van der Waals surface area contributed by atoms with Gasteiger partial charge in [-0.2, -0.15) is 0 Å². The molecule has 0 aromatic heterocycles. The molecule has 1 nitrogen and oxygen atoms in total. The standard InChI is InChI=1S/C18H27FO/c1-2-15-8-10-16(11-9-15)12-13-17(19)14-20-18-6-4-3-5-7-18/h3-7,15-17H,2,8-14H2,1H3/t15-,16-,17?. The summed E-state index contributed by atoms with van der Waals surface area (Å²) in [7, 11) is 0. The summed E-state index contributed by atoms with van der Waals surface area (Å²) in [5.41, 5.74) is 0. The SMILES string of the molecule is CC[C@H]1CC[C@H](CCC(F)COc2ccccc2)CC1. The van der Waals surface area contributed by atoms with Gasteiger partial charge in [0.05, 0.1) is 0 Å². The molecule has 0 N–H and O–H groups in total. The summed E-state index contributed by atoms with van der Waals surface area (Å²) in [6, 6.07) is 9.51. The molecule has 20 heavy (non-hydrogen) atoms. The van der Waals surface area contributed by atoms with Crippen LogP contribution in [0.1, 0.15) is 51.9 Å². The number of alkyl halides is 1. The highest BCUT2D eigenvalue weighted by atomic mass is 19.1. The minimum Gasteiger partial charge on any atom is -0.491 e. The number of benzene rings is 1. The van der Waals surface area contributed by atoms with Gasteiger partial charge in [0.1, 0.15) is 18.5 Å². The highest BCUT2D eigenvalue weighted by Crippen LogP contribution is 2.33. The third-order valence-electron chi connectivity index (χ3n) is 4.61. The second-order valence-electron chi connectivity index (χ2n) is 6.09. The van der Waals surface area contributed by atoms with Crippen molar-refractivity contribution in [2.24, 2.45) is 11.8 Å². The molecule has 1 aliphatic carbocycles. The van der Waals surface area contributed by atoms with Crippen molar-refractivity contribution in [3.8, 4) is 5.75 Å². The van der Waals surface area contributed by atoms with E-state index in [2.05, 4.69) is 6.92 Å². The first-order valence-corrected chi connectivity index (χ1v) is 8.09. The summed E-state index contributed by atoms with van der Waals surface area (Å²) in [6.07, 6.45) is 7.43. The minimum atomic E-state index is -0.834. The zero-order valence-corrected chi connectivity index (χ0v) is 12.6. The van der Waals surface area contributed by atoms with Crippen LogP contribution in [0.3, 0.4) is 0 Å². The van der Waals surface area contributed by atoms with Crippen molar-refractivity contribution >= 4 is 0 Å². The highest BCUT2D eigenvalue weighted by Gasteiger charge is 2.21. The maximum atomic E-state index is 13.9. The van der Waals surface area contributed by atoms with Gasteiger partial charge in [-0.05, 0) is 36.8 Å². The number of hydrogen-bond donors (Lipinski definition) is 0. The molecule has 0 spiro atoms. The van der Waals surface area contributed by atoms with Gasteiger partial charge in [-0.1, -0.05) is 57.2 Å². The molecule has 112 valence electrons. The van der Waals surface area contributed by atoms with Crippen molar-refractivity contribution in [2.75, 3.05) is 6.61 Å². The Morgan fingerprint density at radius 3 is 2.40 bits per heavy atom. The molecule has 1 aliphatic rings. The second kappa shape index (κ2) is 8.28. The normalized spacial score (nSPS) is 24.3. The van der Waals surface area contributed by atoms with E-state index in [1.165, 1.54) is 32.1 Å². The Labute approximate surface area is 122 Å². The average Bonchev–Trinajstić information content (AvgIpc) is 2.52. The average molecular weight is 278 g/mol. The summed E-state index contributed by atoms with van der Waals surface area (Å²) in [5, 5.41) is 0. The zero-order chi connectivity index (χ0) is 14.2. The lowest BCUT2D eigenvalue weighted by Crippen LogP contribution is -2.18. The van der Waals surface area contributed by atoms with E-state index in [1.807, 2.05) is 30.3 Å². The highest BCUT2D eigenvalue weighted by molar-refractivity contribution is 5.20. The number of para-hydroxylation sites is 1. The first-order chi connectivity index (χ1) is 9.78. The fourth-order valence-corrected chi connectivity index (χ4v) is 3.13. The van der Waals surface area contributed by atoms with Crippen molar-refractivity contribution in [2.45, 2.75) is 58.0 Å². The Kier molecular flexibility index (Phi) is 6.35. The van der Waals surface area contributed by atoms with Gasteiger partial charge in [0, 0.05) is 0 Å². The van der Waals surface area contributed by atoms with Crippen LogP contribution in [0.15, 0.2) is 30.3 Å². The molecule has 2 rings (SSSR count). The number of ether oxygens (including phenoxy) is 1. The van der Waals surface area contributed by atoms with Crippen molar-refractivity contribution in [3.63, 3.8) is 0 Å². The van der Waals surface area contributed by atoms with Gasteiger partial charge in [0.2, 0.25) is 0 Å². The fraction of sp³-hybridized carbons (Fsp3) is 0.667. The largest absolute Gasteiger partial charge is 0.491 e. The van der Waals surface area contributed by atoms with Crippen LogP contribution in [-0.2, 0) is 0 Å². The van der Waals surface area contributed by atoms with Crippen LogP contribution in [0.4, 0.5) is 4.39 Å². The van der Waals surface area contributed by atoms with Crippen molar-refractivity contribution < 1.29 is 9.13 Å². The monoisotopic (exact) mass is 278 g/mol. The van der Waals surface area contributed by atoms with Gasteiger partial charge < -0.3 is 4.74 Å². The van der Waals surface area contributed by atoms with Crippen molar-refractivity contribution in [1.29, 1.82) is 0 Å². The van der Waals surface area contributed by atoms with E-state index < -0.39 is 6.17 Å². The molecule has 1 aromatic carbocycles. The van der Waals surface area contributed by atoms with E-state index in [1.54, 1.807) is 0 Å². The third kappa shape index (κ3) is 5.15. The molecule has 0 heterocycles. The third-order valence-corrected chi connectivity index (χ3v) is 4.61. The lowest BCUT2D eigenvalue weighted by atomic mass is 9.79. The van der Waals surface area contributed by atoms with Gasteiger partial charge in [-0.25, -0.2) is 4.39 Å². The van der Waals surface area contributed by atoms with Crippen LogP contribution in [-0.4, -0.2) is 12.8 Å². The van der Waals surface area contributed by atoms with E-state index in [0.717, 1.165) is 24.0 Å². The molecule has 0 bridgehead atoms. The van der Waals surface area contributed by atoms with E-state index in [9.17, 15) is 4.39 Å². The molecule has 1 aromatic rings. The van der Waals surface area contributed by atoms with Crippen LogP contribution in [0.25, 0.3) is 0 Å². The molecule has 2 heteroatoms. The van der Waals surface area contributed by atoms with Gasteiger partial charge in [-0.15, -0.1) is 0 Å². The zero-order valence-electron chi connectivity index (χ0n) is 12.6. The maximum Gasteiger partial charge on any atom is 0.134 e. The summed E-state index contributed by atoms with van der Waals surface area (Å²) < 4.78 is 19.3. The maximum absolute atomic E-state index is 13.9. The van der Waals surface area contributed by atoms with Crippen LogP contribution in [0, 0.1) is 11.8 Å². The van der Waals surface area contributed by atoms with Gasteiger partial charge in [-0.3, -0.25) is 0 Å². The summed E-state index contributed by atoms with van der Waals surface area (Å²) in [4.78, 5) is 0. The Morgan fingerprint density at radius 1 is 1.10 bits per heavy atom. The molecule has 1 fully saturated rings. The van der Waals surface area contributed by atoms with Crippen LogP contribution >= 0.6 is 0 Å². The molecule has 0 amide bonds. The van der Waals surface area contributed by atoms with Crippen LogP contribution in [0.2, 0.25) is 0 Å². The van der Waals surface area contributed by atoms with E-state index in [4.69, 9.17) is 4.74 Å². The lowest BCUT2D eigenvalue weighted by Gasteiger charge is -2.28. The lowest BCUT2D eigenvalue weighted by molar-refractivity contribution is 0.167. The molecule has 0 radical (unpaired) electrons. The number of halogens is 1. The molecular weight excluding hydrogens is 251 g/mol. The quantitative estimate of drug-likeness (QED) is 0.649. The van der Waals surface area contributed by atoms with Gasteiger partial charge >= 0.3 is 0 Å². The Hall–Kier alpha value is -1.05. The Bertz CT molecular complexity index is 357. The van der Waals surface area contributed by atoms with Crippen molar-refractivity contribution in [1.82, 2.24) is 0 Å². The minimum absolute atomic E-state index is 0.189. The molecule has 1 unspecified atom stereocenters. The Balaban J connectivity index is 1.59. The first-order valence-electron chi connectivity index (χ1n) is 8.09. The summed E-state index contributed by atoms with van der Waals surface area (Å²) in [5.74, 6) is 2.43. The second-order valence-corrected chi connectivity index (χ2v) is 6.09. The Morgan fingerprint density at radius 2 is 1.75 bits per heavy atom. The summed E-state index contributed by atoms with van der Waals surface area (Å²) in [6.45, 7) is 2.47. The van der Waals surface area contributed by atoms with Gasteiger partial charge in [0.15, 0.2) is 0 Å². The van der Waals surface area contributed by atoms with E-state index in [-0.39, 0.29) is 6.61 Å². The topological polar surface area (TPSA) is 9.23 Å². The predicted octanol–water partition coefficient (Wildman–Crippen LogP) is 5.40. The molecular formula is C18H27FO. The fourth-order valence-electron chi connectivity index (χ4n) is 3.13. The van der Waals surface area contributed by atoms with Crippen LogP contribution < -0.4 is 4.74 Å². The van der Waals surface area contributed by atoms with E-state index >= 15 is 0 Å². The smallest absolute Gasteiger partial charge is 0.134 e. The molecule has 1 atom stereocenters. The number of rotatable bonds is 7. The van der Waals surface area contributed by atoms with E-state index in [0.29, 0.717) is 6.42 Å². The predicted molar refractivity (Wildman–Crippen MR) is 81.8 cm³/mol. The number of hydrogen-bond acceptors (Lipinski definition) is 1.